The summed E-state index contributed by atoms with van der Waals surface area (Å²) in [7, 11) is 4.13. The lowest BCUT2D eigenvalue weighted by atomic mass is 9.91. The molecule has 0 radical (unpaired) electrons. The van der Waals surface area contributed by atoms with E-state index in [1.807, 2.05) is 0 Å². The fraction of sp³-hybridized carbons (Fsp3) is 0.600. The zero-order valence-corrected chi connectivity index (χ0v) is 11.5. The zero-order chi connectivity index (χ0) is 13.0. The highest BCUT2D eigenvalue weighted by Crippen LogP contribution is 2.18. The molecule has 1 aliphatic carbocycles. The van der Waals surface area contributed by atoms with E-state index in [0.717, 1.165) is 13.0 Å². The number of hydrogen-bond donors (Lipinski definition) is 2. The van der Waals surface area contributed by atoms with Gasteiger partial charge in [-0.3, -0.25) is 0 Å². The molecule has 100 valence electrons. The molecule has 2 unspecified atom stereocenters. The molecule has 3 nitrogen and oxygen atoms in total. The van der Waals surface area contributed by atoms with Crippen LogP contribution in [-0.4, -0.2) is 26.2 Å². The van der Waals surface area contributed by atoms with Gasteiger partial charge >= 0.3 is 0 Å². The average molecular weight is 247 g/mol. The Kier molecular flexibility index (Phi) is 4.61. The lowest BCUT2D eigenvalue weighted by Gasteiger charge is -2.29. The molecule has 1 aromatic rings. The van der Waals surface area contributed by atoms with Crippen molar-refractivity contribution in [1.82, 2.24) is 5.32 Å². The van der Waals surface area contributed by atoms with Crippen LogP contribution in [0.4, 0.5) is 5.69 Å². The summed E-state index contributed by atoms with van der Waals surface area (Å²) in [5.74, 6) is 0. The molecule has 0 heterocycles. The maximum atomic E-state index is 6.14. The van der Waals surface area contributed by atoms with E-state index in [1.165, 1.54) is 30.5 Å². The second kappa shape index (κ2) is 6.21. The van der Waals surface area contributed by atoms with E-state index >= 15 is 0 Å². The smallest absolute Gasteiger partial charge is 0.0361 e. The van der Waals surface area contributed by atoms with Crippen LogP contribution in [0.1, 0.15) is 31.2 Å². The second-order valence-corrected chi connectivity index (χ2v) is 5.50. The molecule has 0 amide bonds. The van der Waals surface area contributed by atoms with Gasteiger partial charge < -0.3 is 16.0 Å². The van der Waals surface area contributed by atoms with Crippen molar-refractivity contribution in [3.05, 3.63) is 29.8 Å². The standard InChI is InChI=1S/C15H25N3/c1-18(2)13-9-7-12(8-10-13)11-17-15-6-4-3-5-14(15)16/h7-10,14-15,17H,3-6,11,16H2,1-2H3. The molecule has 0 saturated heterocycles. The van der Waals surface area contributed by atoms with Crippen LogP contribution in [0.5, 0.6) is 0 Å². The summed E-state index contributed by atoms with van der Waals surface area (Å²) < 4.78 is 0. The first-order chi connectivity index (χ1) is 8.66. The monoisotopic (exact) mass is 247 g/mol. The molecule has 1 fully saturated rings. The number of nitrogens with two attached hydrogens (primary N) is 1. The topological polar surface area (TPSA) is 41.3 Å². The molecule has 0 aliphatic heterocycles. The minimum Gasteiger partial charge on any atom is -0.378 e. The molecule has 0 bridgehead atoms. The van der Waals surface area contributed by atoms with E-state index in [0.29, 0.717) is 12.1 Å². The van der Waals surface area contributed by atoms with Crippen molar-refractivity contribution in [3.63, 3.8) is 0 Å². The third kappa shape index (κ3) is 3.47. The van der Waals surface area contributed by atoms with Crippen LogP contribution in [0.2, 0.25) is 0 Å². The third-order valence-electron chi connectivity index (χ3n) is 3.84. The molecule has 1 saturated carbocycles. The molecular weight excluding hydrogens is 222 g/mol. The van der Waals surface area contributed by atoms with Crippen LogP contribution in [0, 0.1) is 0 Å². The lowest BCUT2D eigenvalue weighted by Crippen LogP contribution is -2.46. The Bertz CT molecular complexity index is 359. The van der Waals surface area contributed by atoms with E-state index < -0.39 is 0 Å². The predicted octanol–water partition coefficient (Wildman–Crippen LogP) is 2.11. The molecule has 2 atom stereocenters. The van der Waals surface area contributed by atoms with Gasteiger partial charge in [-0.15, -0.1) is 0 Å². The number of anilines is 1. The SMILES string of the molecule is CN(C)c1ccc(CNC2CCCCC2N)cc1. The Hall–Kier alpha value is -1.06. The van der Waals surface area contributed by atoms with E-state index in [9.17, 15) is 0 Å². The van der Waals surface area contributed by atoms with E-state index in [-0.39, 0.29) is 0 Å². The summed E-state index contributed by atoms with van der Waals surface area (Å²) >= 11 is 0. The Balaban J connectivity index is 1.85. The average Bonchev–Trinajstić information content (AvgIpc) is 2.38. The summed E-state index contributed by atoms with van der Waals surface area (Å²) in [6.07, 6.45) is 4.98. The van der Waals surface area contributed by atoms with Gasteiger partial charge in [-0.05, 0) is 30.5 Å². The van der Waals surface area contributed by atoms with Crippen LogP contribution in [0.3, 0.4) is 0 Å². The van der Waals surface area contributed by atoms with Gasteiger partial charge in [-0.25, -0.2) is 0 Å². The van der Waals surface area contributed by atoms with Gasteiger partial charge in [0.2, 0.25) is 0 Å². The summed E-state index contributed by atoms with van der Waals surface area (Å²) in [6.45, 7) is 0.923. The predicted molar refractivity (Wildman–Crippen MR) is 77.8 cm³/mol. The molecule has 0 aromatic heterocycles. The molecule has 1 aromatic carbocycles. The highest BCUT2D eigenvalue weighted by Gasteiger charge is 2.20. The number of benzene rings is 1. The molecule has 3 heteroatoms. The maximum Gasteiger partial charge on any atom is 0.0361 e. The van der Waals surface area contributed by atoms with Gasteiger partial charge in [0.15, 0.2) is 0 Å². The minimum absolute atomic E-state index is 0.333. The highest BCUT2D eigenvalue weighted by atomic mass is 15.1. The van der Waals surface area contributed by atoms with Gasteiger partial charge in [0.05, 0.1) is 0 Å². The molecule has 2 rings (SSSR count). The Morgan fingerprint density at radius 3 is 2.44 bits per heavy atom. The Morgan fingerprint density at radius 2 is 1.83 bits per heavy atom. The third-order valence-corrected chi connectivity index (χ3v) is 3.84. The first-order valence-electron chi connectivity index (χ1n) is 6.92. The summed E-state index contributed by atoms with van der Waals surface area (Å²) in [5.41, 5.74) is 8.71. The van der Waals surface area contributed by atoms with Gasteiger partial charge in [-0.2, -0.15) is 0 Å². The lowest BCUT2D eigenvalue weighted by molar-refractivity contribution is 0.326. The van der Waals surface area contributed by atoms with Crippen molar-refractivity contribution in [2.24, 2.45) is 5.73 Å². The quantitative estimate of drug-likeness (QED) is 0.856. The van der Waals surface area contributed by atoms with Crippen molar-refractivity contribution < 1.29 is 0 Å². The molecule has 1 aliphatic rings. The highest BCUT2D eigenvalue weighted by molar-refractivity contribution is 5.45. The van der Waals surface area contributed by atoms with E-state index in [4.69, 9.17) is 5.73 Å². The van der Waals surface area contributed by atoms with E-state index in [1.54, 1.807) is 0 Å². The zero-order valence-electron chi connectivity index (χ0n) is 11.5. The summed E-state index contributed by atoms with van der Waals surface area (Å²) in [4.78, 5) is 2.12. The largest absolute Gasteiger partial charge is 0.378 e. The van der Waals surface area contributed by atoms with Crippen LogP contribution >= 0.6 is 0 Å². The minimum atomic E-state index is 0.333. The van der Waals surface area contributed by atoms with Crippen molar-refractivity contribution >= 4 is 5.69 Å². The van der Waals surface area contributed by atoms with Crippen molar-refractivity contribution in [1.29, 1.82) is 0 Å². The second-order valence-electron chi connectivity index (χ2n) is 5.50. The van der Waals surface area contributed by atoms with Crippen LogP contribution in [-0.2, 0) is 6.54 Å². The van der Waals surface area contributed by atoms with E-state index in [2.05, 4.69) is 48.6 Å². The fourth-order valence-electron chi connectivity index (χ4n) is 2.57. The summed E-state index contributed by atoms with van der Waals surface area (Å²) in [5, 5.41) is 3.60. The molecule has 0 spiro atoms. The number of hydrogen-bond acceptors (Lipinski definition) is 3. The number of nitrogens with zero attached hydrogens (tertiary/aromatic N) is 1. The molecule has 3 N–H and O–H groups in total. The Labute approximate surface area is 110 Å². The van der Waals surface area contributed by atoms with Gasteiger partial charge in [0, 0.05) is 38.4 Å². The van der Waals surface area contributed by atoms with Crippen molar-refractivity contribution in [3.8, 4) is 0 Å². The molecule has 18 heavy (non-hydrogen) atoms. The van der Waals surface area contributed by atoms with Crippen LogP contribution in [0.15, 0.2) is 24.3 Å². The first-order valence-corrected chi connectivity index (χ1v) is 6.92. The van der Waals surface area contributed by atoms with Gasteiger partial charge in [-0.1, -0.05) is 25.0 Å². The van der Waals surface area contributed by atoms with Crippen molar-refractivity contribution in [2.45, 2.75) is 44.3 Å². The van der Waals surface area contributed by atoms with Gasteiger partial charge in [0.1, 0.15) is 0 Å². The normalized spacial score (nSPS) is 23.9. The first kappa shape index (κ1) is 13.4. The van der Waals surface area contributed by atoms with Gasteiger partial charge in [0.25, 0.3) is 0 Å². The number of nitrogens with one attached hydrogen (secondary N) is 1. The Morgan fingerprint density at radius 1 is 1.17 bits per heavy atom. The van der Waals surface area contributed by atoms with Crippen molar-refractivity contribution in [2.75, 3.05) is 19.0 Å². The fourth-order valence-corrected chi connectivity index (χ4v) is 2.57. The number of rotatable bonds is 4. The summed E-state index contributed by atoms with van der Waals surface area (Å²) in [6, 6.07) is 9.54. The molecular formula is C15H25N3. The van der Waals surface area contributed by atoms with Crippen LogP contribution < -0.4 is 16.0 Å². The van der Waals surface area contributed by atoms with Crippen LogP contribution in [0.25, 0.3) is 0 Å². The maximum absolute atomic E-state index is 6.14.